The van der Waals surface area contributed by atoms with Crippen LogP contribution in [0.2, 0.25) is 0 Å². The van der Waals surface area contributed by atoms with Gasteiger partial charge in [0, 0.05) is 24.1 Å². The number of carbonyl (C=O) groups excluding carboxylic acids is 2. The molecule has 3 N–H and O–H groups in total. The summed E-state index contributed by atoms with van der Waals surface area (Å²) in [4.78, 5) is 42.6. The molecule has 2 heterocycles. The number of hydrogen-bond acceptors (Lipinski definition) is 7. The van der Waals surface area contributed by atoms with Crippen LogP contribution in [-0.4, -0.2) is 64.7 Å². The number of amides is 2. The summed E-state index contributed by atoms with van der Waals surface area (Å²) in [6.45, 7) is -0.293. The van der Waals surface area contributed by atoms with E-state index in [0.717, 1.165) is 11.0 Å². The summed E-state index contributed by atoms with van der Waals surface area (Å²) in [5, 5.41) is 14.7. The molecular formula is C28H29F3N4O6. The number of halogens is 3. The molecule has 2 atom stereocenters. The normalized spacial score (nSPS) is 22.5. The highest BCUT2D eigenvalue weighted by Gasteiger charge is 2.41. The van der Waals surface area contributed by atoms with Crippen molar-refractivity contribution in [3.05, 3.63) is 47.5 Å². The fraction of sp³-hybridized carbons (Fsp3) is 0.429. The van der Waals surface area contributed by atoms with E-state index in [1.807, 2.05) is 0 Å². The van der Waals surface area contributed by atoms with Crippen molar-refractivity contribution in [2.75, 3.05) is 19.0 Å². The maximum atomic E-state index is 15.4. The molecule has 13 heteroatoms. The second-order valence-corrected chi connectivity index (χ2v) is 10.3. The lowest BCUT2D eigenvalue weighted by Crippen LogP contribution is -2.50. The number of methoxy groups -OCH3 is 1. The van der Waals surface area contributed by atoms with E-state index in [-0.39, 0.29) is 47.4 Å². The zero-order chi connectivity index (χ0) is 29.3. The lowest BCUT2D eigenvalue weighted by molar-refractivity contribution is -0.143. The number of rotatable bonds is 8. The smallest absolute Gasteiger partial charge is 0.306 e. The minimum atomic E-state index is -1.41. The Kier molecular flexibility index (Phi) is 8.04. The molecule has 1 aliphatic carbocycles. The van der Waals surface area contributed by atoms with Crippen molar-refractivity contribution in [1.82, 2.24) is 15.2 Å². The Morgan fingerprint density at radius 1 is 1.15 bits per heavy atom. The van der Waals surface area contributed by atoms with Crippen LogP contribution >= 0.6 is 0 Å². The Labute approximate surface area is 232 Å². The van der Waals surface area contributed by atoms with Gasteiger partial charge in [0.1, 0.15) is 29.3 Å². The van der Waals surface area contributed by atoms with Crippen LogP contribution in [0.5, 0.6) is 5.75 Å². The third kappa shape index (κ3) is 6.08. The Morgan fingerprint density at radius 3 is 2.61 bits per heavy atom. The summed E-state index contributed by atoms with van der Waals surface area (Å²) >= 11 is 0. The van der Waals surface area contributed by atoms with E-state index in [2.05, 4.69) is 15.6 Å². The van der Waals surface area contributed by atoms with Crippen molar-refractivity contribution in [2.24, 2.45) is 5.92 Å². The third-order valence-electron chi connectivity index (χ3n) is 7.62. The minimum Gasteiger partial charge on any atom is -0.495 e. The first-order valence-electron chi connectivity index (χ1n) is 13.3. The highest BCUT2D eigenvalue weighted by molar-refractivity contribution is 5.90. The van der Waals surface area contributed by atoms with Gasteiger partial charge in [-0.15, -0.1) is 0 Å². The second kappa shape index (κ2) is 11.7. The number of oxazole rings is 1. The third-order valence-corrected chi connectivity index (χ3v) is 7.62. The molecule has 5 rings (SSSR count). The number of fused-ring (bicyclic) bond motifs is 1. The van der Waals surface area contributed by atoms with Crippen LogP contribution in [0.3, 0.4) is 0 Å². The second-order valence-electron chi connectivity index (χ2n) is 10.3. The predicted molar refractivity (Wildman–Crippen MR) is 140 cm³/mol. The molecule has 0 radical (unpaired) electrons. The lowest BCUT2D eigenvalue weighted by Gasteiger charge is -2.30. The van der Waals surface area contributed by atoms with Gasteiger partial charge in [-0.05, 0) is 43.9 Å². The number of benzene rings is 2. The quantitative estimate of drug-likeness (QED) is 0.366. The van der Waals surface area contributed by atoms with Crippen molar-refractivity contribution in [1.29, 1.82) is 0 Å². The fourth-order valence-electron chi connectivity index (χ4n) is 5.44. The number of aromatic nitrogens is 1. The summed E-state index contributed by atoms with van der Waals surface area (Å²) < 4.78 is 54.2. The molecular weight excluding hydrogens is 545 g/mol. The Hall–Kier alpha value is -4.29. The highest BCUT2D eigenvalue weighted by atomic mass is 19.1. The molecule has 1 saturated carbocycles. The van der Waals surface area contributed by atoms with E-state index < -0.39 is 54.0 Å². The molecule has 2 aliphatic rings. The van der Waals surface area contributed by atoms with Gasteiger partial charge in [0.25, 0.3) is 6.01 Å². The first-order valence-corrected chi connectivity index (χ1v) is 13.3. The molecule has 0 unspecified atom stereocenters. The van der Waals surface area contributed by atoms with E-state index in [4.69, 9.17) is 14.3 Å². The van der Waals surface area contributed by atoms with E-state index in [9.17, 15) is 23.2 Å². The molecule has 1 aliphatic heterocycles. The van der Waals surface area contributed by atoms with Crippen LogP contribution in [0.15, 0.2) is 34.7 Å². The van der Waals surface area contributed by atoms with Gasteiger partial charge in [0.2, 0.25) is 11.8 Å². The first kappa shape index (κ1) is 28.2. The van der Waals surface area contributed by atoms with Gasteiger partial charge in [0.15, 0.2) is 11.4 Å². The average molecular weight is 575 g/mol. The molecule has 0 spiro atoms. The van der Waals surface area contributed by atoms with Crippen LogP contribution in [0.1, 0.15) is 37.7 Å². The molecule has 1 aromatic heterocycles. The molecule has 218 valence electrons. The molecule has 0 bridgehead atoms. The van der Waals surface area contributed by atoms with Crippen LogP contribution < -0.4 is 15.4 Å². The molecule has 2 amide bonds. The number of nitrogens with one attached hydrogen (secondary N) is 2. The van der Waals surface area contributed by atoms with E-state index >= 15 is 4.39 Å². The summed E-state index contributed by atoms with van der Waals surface area (Å²) in [5.41, 5.74) is 0.103. The molecule has 1 saturated heterocycles. The topological polar surface area (TPSA) is 134 Å². The van der Waals surface area contributed by atoms with Crippen LogP contribution in [-0.2, 0) is 20.8 Å². The Bertz CT molecular complexity index is 1470. The van der Waals surface area contributed by atoms with E-state index in [1.165, 1.54) is 31.4 Å². The van der Waals surface area contributed by atoms with Crippen LogP contribution in [0, 0.1) is 17.6 Å². The van der Waals surface area contributed by atoms with Gasteiger partial charge < -0.3 is 29.8 Å². The molecule has 3 aromatic rings. The van der Waals surface area contributed by atoms with Crippen LogP contribution in [0.4, 0.5) is 24.9 Å². The lowest BCUT2D eigenvalue weighted by atomic mass is 9.86. The van der Waals surface area contributed by atoms with Gasteiger partial charge in [-0.2, -0.15) is 4.98 Å². The fourth-order valence-corrected chi connectivity index (χ4v) is 5.44. The number of anilines is 2. The molecule has 2 fully saturated rings. The number of ether oxygens (including phenoxy) is 1. The van der Waals surface area contributed by atoms with Crippen molar-refractivity contribution in [2.45, 2.75) is 56.8 Å². The molecule has 2 aromatic carbocycles. The van der Waals surface area contributed by atoms with E-state index in [0.29, 0.717) is 31.4 Å². The first-order chi connectivity index (χ1) is 19.6. The maximum absolute atomic E-state index is 15.4. The number of alkyl halides is 1. The van der Waals surface area contributed by atoms with Crippen molar-refractivity contribution < 1.29 is 41.8 Å². The molecule has 41 heavy (non-hydrogen) atoms. The Morgan fingerprint density at radius 2 is 1.90 bits per heavy atom. The number of likely N-dealkylation sites (tertiary alicyclic amines) is 1. The number of nitrogens with zero attached hydrogens (tertiary/aromatic N) is 2. The number of carbonyl (C=O) groups is 3. The summed E-state index contributed by atoms with van der Waals surface area (Å²) in [6, 6.07) is 5.17. The zero-order valence-electron chi connectivity index (χ0n) is 22.2. The highest BCUT2D eigenvalue weighted by Crippen LogP contribution is 2.32. The van der Waals surface area contributed by atoms with Crippen molar-refractivity contribution in [3.8, 4) is 5.75 Å². The zero-order valence-corrected chi connectivity index (χ0v) is 22.2. The van der Waals surface area contributed by atoms with Gasteiger partial charge in [-0.25, -0.2) is 13.2 Å². The SMILES string of the molecule is COc1ccc(F)cc1Nc1nc2ccc(CC(=O)N3C[C@@H](F)C[C@H]3C(=O)NC3CCC(C(=O)O)CC3)c(F)c2o1. The number of carboxylic acids is 1. The summed E-state index contributed by atoms with van der Waals surface area (Å²) in [6.07, 6.45) is -0.215. The number of aliphatic carboxylic acids is 1. The van der Waals surface area contributed by atoms with Gasteiger partial charge >= 0.3 is 5.97 Å². The summed E-state index contributed by atoms with van der Waals surface area (Å²) in [5.74, 6) is -3.51. The van der Waals surface area contributed by atoms with Crippen molar-refractivity contribution >= 4 is 40.6 Å². The predicted octanol–water partition coefficient (Wildman–Crippen LogP) is 4.10. The van der Waals surface area contributed by atoms with Crippen LogP contribution in [0.25, 0.3) is 11.1 Å². The van der Waals surface area contributed by atoms with Gasteiger partial charge in [-0.3, -0.25) is 14.4 Å². The molecule has 10 nitrogen and oxygen atoms in total. The van der Waals surface area contributed by atoms with E-state index in [1.54, 1.807) is 0 Å². The van der Waals surface area contributed by atoms with Gasteiger partial charge in [0.05, 0.1) is 31.7 Å². The van der Waals surface area contributed by atoms with Crippen molar-refractivity contribution in [3.63, 3.8) is 0 Å². The minimum absolute atomic E-state index is 0.0259. The monoisotopic (exact) mass is 574 g/mol. The Balaban J connectivity index is 1.27. The van der Waals surface area contributed by atoms with Gasteiger partial charge in [-0.1, -0.05) is 6.07 Å². The number of carboxylic acid groups (broad SMARTS) is 1. The standard InChI is InChI=1S/C28H29F3N4O6/c1-40-22-9-5-16(29)11-20(22)34-28-33-19-8-4-15(24(31)25(19)41-28)10-23(36)35-13-17(30)12-21(35)26(37)32-18-6-2-14(3-7-18)27(38)39/h4-5,8-9,11,14,17-18,21H,2-3,6-7,10,12-13H2,1H3,(H,32,37)(H,33,34)(H,38,39)/t14?,17-,18?,21-/m0/s1. The number of hydrogen-bond donors (Lipinski definition) is 3. The summed E-state index contributed by atoms with van der Waals surface area (Å²) in [7, 11) is 1.40. The largest absolute Gasteiger partial charge is 0.495 e. The average Bonchev–Trinajstić information content (AvgIpc) is 3.54. The maximum Gasteiger partial charge on any atom is 0.306 e.